The van der Waals surface area contributed by atoms with Crippen LogP contribution < -0.4 is 5.32 Å². The van der Waals surface area contributed by atoms with Gasteiger partial charge in [-0.05, 0) is 38.0 Å². The van der Waals surface area contributed by atoms with Gasteiger partial charge in [-0.15, -0.1) is 0 Å². The van der Waals surface area contributed by atoms with Crippen molar-refractivity contribution in [2.75, 3.05) is 31.9 Å². The summed E-state index contributed by atoms with van der Waals surface area (Å²) in [4.78, 5) is 25.0. The first-order chi connectivity index (χ1) is 11.3. The molecule has 1 saturated heterocycles. The summed E-state index contributed by atoms with van der Waals surface area (Å²) in [7, 11) is -3.25. The summed E-state index contributed by atoms with van der Waals surface area (Å²) >= 11 is 0. The summed E-state index contributed by atoms with van der Waals surface area (Å²) in [6.45, 7) is 1.18. The Hall–Kier alpha value is -1.19. The van der Waals surface area contributed by atoms with E-state index in [0.29, 0.717) is 18.9 Å². The van der Waals surface area contributed by atoms with Crippen molar-refractivity contribution in [1.29, 1.82) is 0 Å². The molecule has 1 aliphatic heterocycles. The van der Waals surface area contributed by atoms with Crippen LogP contribution >= 0.6 is 0 Å². The van der Waals surface area contributed by atoms with Crippen LogP contribution in [-0.4, -0.2) is 78.6 Å². The zero-order valence-corrected chi connectivity index (χ0v) is 14.5. The monoisotopic (exact) mass is 359 g/mol. The molecular formula is C15H25N3O5S. The Labute approximate surface area is 142 Å². The van der Waals surface area contributed by atoms with Crippen LogP contribution in [0.5, 0.6) is 0 Å². The molecule has 136 valence electrons. The molecule has 2 saturated carbocycles. The predicted molar refractivity (Wildman–Crippen MR) is 86.9 cm³/mol. The minimum atomic E-state index is -3.25. The van der Waals surface area contributed by atoms with Crippen molar-refractivity contribution in [1.82, 2.24) is 14.5 Å². The van der Waals surface area contributed by atoms with Gasteiger partial charge in [-0.1, -0.05) is 0 Å². The third-order valence-electron chi connectivity index (χ3n) is 5.05. The van der Waals surface area contributed by atoms with Gasteiger partial charge in [-0.25, -0.2) is 8.42 Å². The lowest BCUT2D eigenvalue weighted by Gasteiger charge is -2.42. The third-order valence-corrected chi connectivity index (χ3v) is 6.95. The first-order valence-corrected chi connectivity index (χ1v) is 10.2. The van der Waals surface area contributed by atoms with Crippen LogP contribution in [0.15, 0.2) is 0 Å². The lowest BCUT2D eigenvalue weighted by Crippen LogP contribution is -2.56. The van der Waals surface area contributed by atoms with Crippen LogP contribution in [0.25, 0.3) is 0 Å². The van der Waals surface area contributed by atoms with Gasteiger partial charge < -0.3 is 10.4 Å². The third kappa shape index (κ3) is 4.46. The van der Waals surface area contributed by atoms with E-state index >= 15 is 0 Å². The number of hydrogen-bond donors (Lipinski definition) is 2. The number of nitrogens with one attached hydrogen (secondary N) is 1. The second-order valence-corrected chi connectivity index (χ2v) is 9.25. The van der Waals surface area contributed by atoms with E-state index in [-0.39, 0.29) is 36.8 Å². The lowest BCUT2D eigenvalue weighted by atomic mass is 9.85. The Morgan fingerprint density at radius 2 is 1.96 bits per heavy atom. The molecule has 1 amide bonds. The SMILES string of the molecule is O=C(O)CN(CC1CC1)C1CC(NC(=O)CN2CCCS2(=O)=O)C1. The van der Waals surface area contributed by atoms with Crippen LogP contribution in [-0.2, 0) is 19.6 Å². The number of carboxylic acid groups (broad SMARTS) is 1. The van der Waals surface area contributed by atoms with E-state index in [9.17, 15) is 18.0 Å². The molecule has 0 spiro atoms. The molecule has 0 atom stereocenters. The molecule has 24 heavy (non-hydrogen) atoms. The van der Waals surface area contributed by atoms with Crippen LogP contribution in [0.3, 0.4) is 0 Å². The molecule has 1 heterocycles. The van der Waals surface area contributed by atoms with Crippen LogP contribution in [0.1, 0.15) is 32.1 Å². The molecule has 2 aliphatic carbocycles. The summed E-state index contributed by atoms with van der Waals surface area (Å²) in [6, 6.07) is 0.214. The fourth-order valence-electron chi connectivity index (χ4n) is 3.45. The van der Waals surface area contributed by atoms with Crippen LogP contribution in [0, 0.1) is 5.92 Å². The number of nitrogens with zero attached hydrogens (tertiary/aromatic N) is 2. The zero-order chi connectivity index (χ0) is 17.3. The normalized spacial score (nSPS) is 29.4. The van der Waals surface area contributed by atoms with Gasteiger partial charge in [0.05, 0.1) is 18.8 Å². The Balaban J connectivity index is 1.42. The molecule has 0 bridgehead atoms. The molecule has 9 heteroatoms. The average molecular weight is 359 g/mol. The highest BCUT2D eigenvalue weighted by atomic mass is 32.2. The van der Waals surface area contributed by atoms with E-state index < -0.39 is 16.0 Å². The highest BCUT2D eigenvalue weighted by Gasteiger charge is 2.38. The van der Waals surface area contributed by atoms with Crippen LogP contribution in [0.4, 0.5) is 0 Å². The van der Waals surface area contributed by atoms with Gasteiger partial charge in [-0.3, -0.25) is 14.5 Å². The Morgan fingerprint density at radius 1 is 1.25 bits per heavy atom. The number of hydrogen-bond acceptors (Lipinski definition) is 5. The molecule has 2 N–H and O–H groups in total. The van der Waals surface area contributed by atoms with Crippen molar-refractivity contribution < 1.29 is 23.1 Å². The molecule has 0 aromatic heterocycles. The molecular weight excluding hydrogens is 334 g/mol. The van der Waals surface area contributed by atoms with Crippen molar-refractivity contribution in [2.45, 2.75) is 44.2 Å². The number of carbonyl (C=O) groups excluding carboxylic acids is 1. The van der Waals surface area contributed by atoms with Gasteiger partial charge in [0.25, 0.3) is 0 Å². The van der Waals surface area contributed by atoms with E-state index in [1.807, 2.05) is 4.90 Å². The van der Waals surface area contributed by atoms with E-state index in [1.165, 1.54) is 17.1 Å². The molecule has 0 radical (unpaired) electrons. The number of carbonyl (C=O) groups is 2. The van der Waals surface area contributed by atoms with Gasteiger partial charge in [-0.2, -0.15) is 4.31 Å². The molecule has 0 aromatic rings. The molecule has 0 aromatic carbocycles. The standard InChI is InChI=1S/C15H25N3O5S/c19-14(9-18-4-1-5-24(18,22)23)16-12-6-13(7-12)17(10-15(20)21)8-11-2-3-11/h11-13H,1-10H2,(H,16,19)(H,20,21). The van der Waals surface area contributed by atoms with Gasteiger partial charge in [0.1, 0.15) is 0 Å². The quantitative estimate of drug-likeness (QED) is 0.603. The largest absolute Gasteiger partial charge is 0.480 e. The minimum absolute atomic E-state index is 0.0169. The highest BCUT2D eigenvalue weighted by Crippen LogP contribution is 2.33. The van der Waals surface area contributed by atoms with Crippen molar-refractivity contribution in [2.24, 2.45) is 5.92 Å². The fourth-order valence-corrected chi connectivity index (χ4v) is 4.93. The number of carboxylic acids is 1. The average Bonchev–Trinajstić information content (AvgIpc) is 3.18. The van der Waals surface area contributed by atoms with E-state index in [0.717, 1.165) is 19.4 Å². The maximum absolute atomic E-state index is 12.0. The van der Waals surface area contributed by atoms with Crippen molar-refractivity contribution in [3.8, 4) is 0 Å². The Kier molecular flexibility index (Phi) is 5.12. The minimum Gasteiger partial charge on any atom is -0.480 e. The summed E-state index contributed by atoms with van der Waals surface area (Å²) < 4.78 is 24.6. The Bertz CT molecular complexity index is 598. The maximum Gasteiger partial charge on any atom is 0.317 e. The van der Waals surface area contributed by atoms with E-state index in [2.05, 4.69) is 5.32 Å². The summed E-state index contributed by atoms with van der Waals surface area (Å²) in [6.07, 6.45) is 4.39. The lowest BCUT2D eigenvalue weighted by molar-refractivity contribution is -0.140. The predicted octanol–water partition coefficient (Wildman–Crippen LogP) is -0.534. The summed E-state index contributed by atoms with van der Waals surface area (Å²) in [5, 5.41) is 11.9. The smallest absolute Gasteiger partial charge is 0.317 e. The molecule has 8 nitrogen and oxygen atoms in total. The molecule has 0 unspecified atom stereocenters. The number of aliphatic carboxylic acids is 1. The van der Waals surface area contributed by atoms with E-state index in [4.69, 9.17) is 5.11 Å². The van der Waals surface area contributed by atoms with Crippen LogP contribution in [0.2, 0.25) is 0 Å². The first-order valence-electron chi connectivity index (χ1n) is 8.56. The summed E-state index contributed by atoms with van der Waals surface area (Å²) in [5.74, 6) is -0.339. The number of amides is 1. The fraction of sp³-hybridized carbons (Fsp3) is 0.867. The van der Waals surface area contributed by atoms with Gasteiger partial charge >= 0.3 is 5.97 Å². The molecule has 3 aliphatic rings. The maximum atomic E-state index is 12.0. The first kappa shape index (κ1) is 17.6. The molecule has 3 rings (SSSR count). The zero-order valence-electron chi connectivity index (χ0n) is 13.7. The second kappa shape index (κ2) is 6.97. The van der Waals surface area contributed by atoms with Gasteiger partial charge in [0.2, 0.25) is 15.9 Å². The molecule has 3 fully saturated rings. The van der Waals surface area contributed by atoms with E-state index in [1.54, 1.807) is 0 Å². The van der Waals surface area contributed by atoms with Crippen molar-refractivity contribution >= 4 is 21.9 Å². The van der Waals surface area contributed by atoms with Gasteiger partial charge in [0, 0.05) is 25.2 Å². The van der Waals surface area contributed by atoms with Gasteiger partial charge in [0.15, 0.2) is 0 Å². The number of sulfonamides is 1. The highest BCUT2D eigenvalue weighted by molar-refractivity contribution is 7.89. The number of rotatable bonds is 8. The summed E-state index contributed by atoms with van der Waals surface area (Å²) in [5.41, 5.74) is 0. The topological polar surface area (TPSA) is 107 Å². The van der Waals surface area contributed by atoms with Crippen molar-refractivity contribution in [3.63, 3.8) is 0 Å². The van der Waals surface area contributed by atoms with Crippen molar-refractivity contribution in [3.05, 3.63) is 0 Å². The second-order valence-electron chi connectivity index (χ2n) is 7.16. The Morgan fingerprint density at radius 3 is 2.50 bits per heavy atom.